The van der Waals surface area contributed by atoms with Crippen molar-refractivity contribution in [1.29, 1.82) is 0 Å². The zero-order valence-corrected chi connectivity index (χ0v) is 10.3. The van der Waals surface area contributed by atoms with Crippen LogP contribution in [0.3, 0.4) is 0 Å². The molecule has 0 saturated heterocycles. The van der Waals surface area contributed by atoms with Crippen LogP contribution in [0.5, 0.6) is 0 Å². The van der Waals surface area contributed by atoms with Gasteiger partial charge in [-0.2, -0.15) is 0 Å². The second-order valence-electron chi connectivity index (χ2n) is 4.28. The summed E-state index contributed by atoms with van der Waals surface area (Å²) in [6, 6.07) is 7.73. The molecule has 0 aromatic heterocycles. The summed E-state index contributed by atoms with van der Waals surface area (Å²) in [7, 11) is 0. The highest BCUT2D eigenvalue weighted by Gasteiger charge is 2.33. The van der Waals surface area contributed by atoms with Crippen LogP contribution in [-0.2, 0) is 4.79 Å². The van der Waals surface area contributed by atoms with Gasteiger partial charge in [-0.25, -0.2) is 0 Å². The van der Waals surface area contributed by atoms with E-state index in [0.717, 1.165) is 0 Å². The van der Waals surface area contributed by atoms with Crippen LogP contribution in [0.4, 0.5) is 0 Å². The minimum atomic E-state index is -1.04. The number of carboxylic acid groups (broad SMARTS) is 1. The van der Waals surface area contributed by atoms with E-state index in [0.29, 0.717) is 12.0 Å². The lowest BCUT2D eigenvalue weighted by atomic mass is 9.95. The quantitative estimate of drug-likeness (QED) is 0.569. The zero-order chi connectivity index (χ0) is 13.6. The molecule has 5 heteroatoms. The molecule has 0 fully saturated rings. The van der Waals surface area contributed by atoms with Crippen molar-refractivity contribution in [2.45, 2.75) is 24.9 Å². The van der Waals surface area contributed by atoms with E-state index < -0.39 is 17.6 Å². The van der Waals surface area contributed by atoms with Gasteiger partial charge in [0.15, 0.2) is 0 Å². The van der Waals surface area contributed by atoms with E-state index in [2.05, 4.69) is 5.32 Å². The molecule has 1 unspecified atom stereocenters. The van der Waals surface area contributed by atoms with Gasteiger partial charge in [0, 0.05) is 0 Å². The Morgan fingerprint density at radius 3 is 2.22 bits per heavy atom. The number of carbonyl (C=O) groups is 1. The van der Waals surface area contributed by atoms with Crippen molar-refractivity contribution in [3.63, 3.8) is 0 Å². The number of hydrogen-bond acceptors (Lipinski definition) is 4. The Kier molecular flexibility index (Phi) is 5.27. The molecule has 0 saturated carbocycles. The van der Waals surface area contributed by atoms with Crippen molar-refractivity contribution >= 4 is 5.97 Å². The first-order valence-electron chi connectivity index (χ1n) is 5.85. The lowest BCUT2D eigenvalue weighted by Gasteiger charge is -2.33. The molecule has 18 heavy (non-hydrogen) atoms. The average molecular weight is 253 g/mol. The topological polar surface area (TPSA) is 89.8 Å². The van der Waals surface area contributed by atoms with E-state index >= 15 is 0 Å². The molecule has 1 atom stereocenters. The Bertz CT molecular complexity index is 368. The van der Waals surface area contributed by atoms with Crippen LogP contribution in [-0.4, -0.2) is 40.0 Å². The van der Waals surface area contributed by atoms with E-state index in [4.69, 9.17) is 0 Å². The maximum Gasteiger partial charge on any atom is 0.325 e. The van der Waals surface area contributed by atoms with Crippen molar-refractivity contribution in [2.75, 3.05) is 13.2 Å². The maximum absolute atomic E-state index is 11.3. The summed E-state index contributed by atoms with van der Waals surface area (Å²) in [5.41, 5.74) is -0.399. The van der Waals surface area contributed by atoms with Crippen LogP contribution < -0.4 is 5.32 Å². The number of aliphatic carboxylic acids is 1. The molecular formula is C13H19NO4. The number of hydrogen-bond donors (Lipinski definition) is 4. The maximum atomic E-state index is 11.3. The second-order valence-corrected chi connectivity index (χ2v) is 4.28. The highest BCUT2D eigenvalue weighted by atomic mass is 16.4. The van der Waals surface area contributed by atoms with E-state index in [-0.39, 0.29) is 13.2 Å². The van der Waals surface area contributed by atoms with Crippen LogP contribution in [0.1, 0.15) is 24.9 Å². The third kappa shape index (κ3) is 3.29. The van der Waals surface area contributed by atoms with Crippen LogP contribution in [0, 0.1) is 0 Å². The molecule has 100 valence electrons. The highest BCUT2D eigenvalue weighted by Crippen LogP contribution is 2.19. The molecule has 5 nitrogen and oxygen atoms in total. The van der Waals surface area contributed by atoms with Crippen molar-refractivity contribution in [3.8, 4) is 0 Å². The first-order chi connectivity index (χ1) is 8.58. The molecule has 1 aromatic rings. The van der Waals surface area contributed by atoms with Gasteiger partial charge >= 0.3 is 5.97 Å². The summed E-state index contributed by atoms with van der Waals surface area (Å²) in [4.78, 5) is 11.3. The molecule has 4 N–H and O–H groups in total. The fourth-order valence-corrected chi connectivity index (χ4v) is 1.71. The Labute approximate surface area is 106 Å². The minimum Gasteiger partial charge on any atom is -0.480 e. The molecule has 0 radical (unpaired) electrons. The van der Waals surface area contributed by atoms with Gasteiger partial charge in [-0.05, 0) is 12.0 Å². The van der Waals surface area contributed by atoms with E-state index in [1.807, 2.05) is 0 Å². The summed E-state index contributed by atoms with van der Waals surface area (Å²) in [6.45, 7) is 1.14. The van der Waals surface area contributed by atoms with Gasteiger partial charge in [0.05, 0.1) is 18.8 Å². The van der Waals surface area contributed by atoms with E-state index in [1.165, 1.54) is 0 Å². The molecule has 0 amide bonds. The minimum absolute atomic E-state index is 0.323. The van der Waals surface area contributed by atoms with Gasteiger partial charge < -0.3 is 15.3 Å². The van der Waals surface area contributed by atoms with Crippen molar-refractivity contribution in [3.05, 3.63) is 35.9 Å². The van der Waals surface area contributed by atoms with E-state index in [9.17, 15) is 20.1 Å². The van der Waals surface area contributed by atoms with Crippen LogP contribution in [0.2, 0.25) is 0 Å². The molecule has 0 heterocycles. The predicted molar refractivity (Wildman–Crippen MR) is 67.1 cm³/mol. The summed E-state index contributed by atoms with van der Waals surface area (Å²) in [5.74, 6) is -1.04. The van der Waals surface area contributed by atoms with Crippen molar-refractivity contribution < 1.29 is 20.1 Å². The van der Waals surface area contributed by atoms with Gasteiger partial charge in [0.25, 0.3) is 0 Å². The molecule has 0 aliphatic heterocycles. The van der Waals surface area contributed by atoms with Crippen LogP contribution in [0.15, 0.2) is 30.3 Å². The van der Waals surface area contributed by atoms with Gasteiger partial charge in [-0.15, -0.1) is 0 Å². The first-order valence-corrected chi connectivity index (χ1v) is 5.85. The normalized spacial score (nSPS) is 13.3. The standard InChI is InChI=1S/C13H19NO4/c1-2-13(8-15,9-16)14-11(12(17)18)10-6-4-3-5-7-10/h3-7,11,14-16H,2,8-9H2,1H3,(H,17,18). The zero-order valence-electron chi connectivity index (χ0n) is 10.3. The summed E-state index contributed by atoms with van der Waals surface area (Å²) < 4.78 is 0. The molecule has 0 aliphatic rings. The lowest BCUT2D eigenvalue weighted by Crippen LogP contribution is -2.54. The Hall–Kier alpha value is -1.43. The number of nitrogens with one attached hydrogen (secondary N) is 1. The van der Waals surface area contributed by atoms with Crippen molar-refractivity contribution in [2.24, 2.45) is 0 Å². The summed E-state index contributed by atoms with van der Waals surface area (Å²) in [5, 5.41) is 30.8. The summed E-state index contributed by atoms with van der Waals surface area (Å²) >= 11 is 0. The molecule has 0 bridgehead atoms. The van der Waals surface area contributed by atoms with Gasteiger partial charge in [-0.1, -0.05) is 37.3 Å². The number of aliphatic hydroxyl groups excluding tert-OH is 2. The Morgan fingerprint density at radius 2 is 1.83 bits per heavy atom. The smallest absolute Gasteiger partial charge is 0.325 e. The Balaban J connectivity index is 2.97. The van der Waals surface area contributed by atoms with Crippen molar-refractivity contribution in [1.82, 2.24) is 5.32 Å². The number of aliphatic hydroxyl groups is 2. The number of benzene rings is 1. The van der Waals surface area contributed by atoms with E-state index in [1.54, 1.807) is 37.3 Å². The third-order valence-corrected chi connectivity index (χ3v) is 3.11. The van der Waals surface area contributed by atoms with Crippen LogP contribution >= 0.6 is 0 Å². The third-order valence-electron chi connectivity index (χ3n) is 3.11. The molecule has 1 aromatic carbocycles. The predicted octanol–water partition coefficient (Wildman–Crippen LogP) is 0.535. The van der Waals surface area contributed by atoms with Crippen LogP contribution in [0.25, 0.3) is 0 Å². The van der Waals surface area contributed by atoms with Gasteiger partial charge in [0.2, 0.25) is 0 Å². The largest absolute Gasteiger partial charge is 0.480 e. The summed E-state index contributed by atoms with van der Waals surface area (Å²) in [6.07, 6.45) is 0.427. The van der Waals surface area contributed by atoms with Gasteiger partial charge in [-0.3, -0.25) is 10.1 Å². The molecule has 1 rings (SSSR count). The molecular weight excluding hydrogens is 234 g/mol. The molecule has 0 aliphatic carbocycles. The second kappa shape index (κ2) is 6.49. The Morgan fingerprint density at radius 1 is 1.28 bits per heavy atom. The SMILES string of the molecule is CCC(CO)(CO)NC(C(=O)O)c1ccccc1. The first kappa shape index (κ1) is 14.6. The monoisotopic (exact) mass is 253 g/mol. The fourth-order valence-electron chi connectivity index (χ4n) is 1.71. The number of carboxylic acids is 1. The fraction of sp³-hybridized carbons (Fsp3) is 0.462. The highest BCUT2D eigenvalue weighted by molar-refractivity contribution is 5.75. The number of rotatable bonds is 7. The average Bonchev–Trinajstić information content (AvgIpc) is 2.42. The van der Waals surface area contributed by atoms with Gasteiger partial charge in [0.1, 0.15) is 6.04 Å². The molecule has 0 spiro atoms. The lowest BCUT2D eigenvalue weighted by molar-refractivity contribution is -0.140.